The maximum atomic E-state index is 12.3. The fourth-order valence-corrected chi connectivity index (χ4v) is 3.27. The number of carbonyl (C=O) groups is 1. The van der Waals surface area contributed by atoms with E-state index in [4.69, 9.17) is 0 Å². The van der Waals surface area contributed by atoms with Crippen molar-refractivity contribution >= 4 is 16.9 Å². The van der Waals surface area contributed by atoms with Gasteiger partial charge in [0.1, 0.15) is 6.54 Å². The molecule has 0 unspecified atom stereocenters. The van der Waals surface area contributed by atoms with Gasteiger partial charge in [-0.3, -0.25) is 19.0 Å². The van der Waals surface area contributed by atoms with Gasteiger partial charge >= 0.3 is 11.1 Å². The number of aryl methyl sites for hydroxylation is 1. The molecule has 1 fully saturated rings. The average Bonchev–Trinajstić information content (AvgIpc) is 2.57. The normalized spacial score (nSPS) is 15.7. The summed E-state index contributed by atoms with van der Waals surface area (Å²) in [5, 5.41) is 2.99. The van der Waals surface area contributed by atoms with Gasteiger partial charge in [0.2, 0.25) is 5.91 Å². The van der Waals surface area contributed by atoms with E-state index in [0.29, 0.717) is 11.0 Å². The summed E-state index contributed by atoms with van der Waals surface area (Å²) in [7, 11) is 1.57. The van der Waals surface area contributed by atoms with E-state index in [-0.39, 0.29) is 18.5 Å². The number of benzene rings is 1. The Bertz CT molecular complexity index is 844. The summed E-state index contributed by atoms with van der Waals surface area (Å²) in [6.45, 7) is -0.119. The van der Waals surface area contributed by atoms with E-state index in [0.717, 1.165) is 25.7 Å². The van der Waals surface area contributed by atoms with Crippen molar-refractivity contribution in [1.29, 1.82) is 0 Å². The molecular weight excluding hydrogens is 294 g/mol. The summed E-state index contributed by atoms with van der Waals surface area (Å²) >= 11 is 0. The average molecular weight is 315 g/mol. The van der Waals surface area contributed by atoms with Crippen molar-refractivity contribution in [3.63, 3.8) is 0 Å². The van der Waals surface area contributed by atoms with E-state index < -0.39 is 11.1 Å². The highest BCUT2D eigenvalue weighted by Gasteiger charge is 2.18. The van der Waals surface area contributed by atoms with Crippen LogP contribution in [0.25, 0.3) is 11.0 Å². The molecule has 23 heavy (non-hydrogen) atoms. The Morgan fingerprint density at radius 3 is 2.43 bits per heavy atom. The zero-order valence-electron chi connectivity index (χ0n) is 13.2. The molecular formula is C17H21N3O3. The fraction of sp³-hybridized carbons (Fsp3) is 0.471. The minimum Gasteiger partial charge on any atom is -0.352 e. The molecule has 6 nitrogen and oxygen atoms in total. The topological polar surface area (TPSA) is 73.1 Å². The first kappa shape index (κ1) is 15.5. The molecule has 1 N–H and O–H groups in total. The van der Waals surface area contributed by atoms with Gasteiger partial charge < -0.3 is 9.88 Å². The van der Waals surface area contributed by atoms with Gasteiger partial charge in [0.15, 0.2) is 0 Å². The first-order chi connectivity index (χ1) is 11.1. The van der Waals surface area contributed by atoms with Crippen molar-refractivity contribution in [3.05, 3.63) is 45.0 Å². The van der Waals surface area contributed by atoms with Crippen LogP contribution in [0, 0.1) is 0 Å². The molecule has 1 aromatic carbocycles. The highest BCUT2D eigenvalue weighted by atomic mass is 16.2. The molecule has 1 aliphatic carbocycles. The first-order valence-electron chi connectivity index (χ1n) is 8.06. The Balaban J connectivity index is 1.92. The second-order valence-corrected chi connectivity index (χ2v) is 6.15. The van der Waals surface area contributed by atoms with Crippen LogP contribution in [0.3, 0.4) is 0 Å². The number of amides is 1. The van der Waals surface area contributed by atoms with E-state index in [1.807, 2.05) is 0 Å². The smallest absolute Gasteiger partial charge is 0.317 e. The number of nitrogens with one attached hydrogen (secondary N) is 1. The van der Waals surface area contributed by atoms with Crippen LogP contribution in [0.5, 0.6) is 0 Å². The Kier molecular flexibility index (Phi) is 4.32. The molecule has 0 saturated heterocycles. The summed E-state index contributed by atoms with van der Waals surface area (Å²) in [6, 6.07) is 7.31. The number of hydrogen-bond donors (Lipinski definition) is 1. The van der Waals surface area contributed by atoms with Gasteiger partial charge in [0.25, 0.3) is 0 Å². The molecule has 6 heteroatoms. The SMILES string of the molecule is Cn1c(=O)c(=O)n(CC(=O)NC2CCCCC2)c2ccccc21. The molecule has 2 aromatic rings. The molecule has 3 rings (SSSR count). The minimum absolute atomic E-state index is 0.119. The number of para-hydroxylation sites is 2. The number of fused-ring (bicyclic) bond motifs is 1. The quantitative estimate of drug-likeness (QED) is 0.864. The standard InChI is InChI=1S/C17H21N3O3/c1-19-13-9-5-6-10-14(13)20(17(23)16(19)22)11-15(21)18-12-7-3-2-4-8-12/h5-6,9-10,12H,2-4,7-8,11H2,1H3,(H,18,21). The molecule has 0 aliphatic heterocycles. The highest BCUT2D eigenvalue weighted by Crippen LogP contribution is 2.17. The third-order valence-electron chi connectivity index (χ3n) is 4.54. The van der Waals surface area contributed by atoms with Gasteiger partial charge in [-0.25, -0.2) is 0 Å². The van der Waals surface area contributed by atoms with Gasteiger partial charge in [-0.15, -0.1) is 0 Å². The Labute approximate surface area is 133 Å². The van der Waals surface area contributed by atoms with Crippen molar-refractivity contribution in [2.75, 3.05) is 0 Å². The second-order valence-electron chi connectivity index (χ2n) is 6.15. The first-order valence-corrected chi connectivity index (χ1v) is 8.06. The molecule has 0 atom stereocenters. The molecule has 1 heterocycles. The van der Waals surface area contributed by atoms with Gasteiger partial charge in [-0.1, -0.05) is 31.4 Å². The molecule has 1 saturated carbocycles. The molecule has 122 valence electrons. The monoisotopic (exact) mass is 315 g/mol. The predicted octanol–water partition coefficient (Wildman–Crippen LogP) is 1.15. The number of rotatable bonds is 3. The largest absolute Gasteiger partial charge is 0.352 e. The summed E-state index contributed by atoms with van der Waals surface area (Å²) in [5.74, 6) is -0.211. The van der Waals surface area contributed by atoms with Crippen LogP contribution in [-0.2, 0) is 18.4 Å². The minimum atomic E-state index is -0.662. The van der Waals surface area contributed by atoms with Gasteiger partial charge in [-0.05, 0) is 25.0 Å². The lowest BCUT2D eigenvalue weighted by atomic mass is 9.95. The zero-order valence-corrected chi connectivity index (χ0v) is 13.2. The number of nitrogens with zero attached hydrogens (tertiary/aromatic N) is 2. The summed E-state index contributed by atoms with van der Waals surface area (Å²) < 4.78 is 2.60. The fourth-order valence-electron chi connectivity index (χ4n) is 3.27. The third kappa shape index (κ3) is 3.06. The van der Waals surface area contributed by atoms with Crippen LogP contribution < -0.4 is 16.4 Å². The summed E-state index contributed by atoms with van der Waals surface area (Å²) in [5.41, 5.74) is -0.0416. The molecule has 0 radical (unpaired) electrons. The second kappa shape index (κ2) is 6.40. The summed E-state index contributed by atoms with van der Waals surface area (Å²) in [4.78, 5) is 36.6. The Hall–Kier alpha value is -2.37. The van der Waals surface area contributed by atoms with Crippen LogP contribution in [0.1, 0.15) is 32.1 Å². The number of aromatic nitrogens is 2. The van der Waals surface area contributed by atoms with E-state index in [1.54, 1.807) is 31.3 Å². The molecule has 1 aromatic heterocycles. The third-order valence-corrected chi connectivity index (χ3v) is 4.54. The van der Waals surface area contributed by atoms with Crippen molar-refractivity contribution in [3.8, 4) is 0 Å². The van der Waals surface area contributed by atoms with Crippen LogP contribution >= 0.6 is 0 Å². The molecule has 0 spiro atoms. The maximum absolute atomic E-state index is 12.3. The zero-order chi connectivity index (χ0) is 16.4. The van der Waals surface area contributed by atoms with E-state index >= 15 is 0 Å². The van der Waals surface area contributed by atoms with Crippen molar-refractivity contribution < 1.29 is 4.79 Å². The van der Waals surface area contributed by atoms with Crippen LogP contribution in [0.15, 0.2) is 33.9 Å². The van der Waals surface area contributed by atoms with Crippen LogP contribution in [0.2, 0.25) is 0 Å². The molecule has 1 aliphatic rings. The van der Waals surface area contributed by atoms with Crippen molar-refractivity contribution in [2.24, 2.45) is 7.05 Å². The number of hydrogen-bond acceptors (Lipinski definition) is 3. The molecule has 1 amide bonds. The summed E-state index contributed by atoms with van der Waals surface area (Å²) in [6.07, 6.45) is 5.43. The van der Waals surface area contributed by atoms with Gasteiger partial charge in [-0.2, -0.15) is 0 Å². The van der Waals surface area contributed by atoms with Crippen LogP contribution in [0.4, 0.5) is 0 Å². The van der Waals surface area contributed by atoms with Crippen molar-refractivity contribution in [1.82, 2.24) is 14.5 Å². The van der Waals surface area contributed by atoms with E-state index in [1.165, 1.54) is 15.6 Å². The Morgan fingerprint density at radius 1 is 1.09 bits per heavy atom. The van der Waals surface area contributed by atoms with Gasteiger partial charge in [0.05, 0.1) is 11.0 Å². The number of carbonyl (C=O) groups excluding carboxylic acids is 1. The highest BCUT2D eigenvalue weighted by molar-refractivity contribution is 5.80. The maximum Gasteiger partial charge on any atom is 0.317 e. The van der Waals surface area contributed by atoms with Gasteiger partial charge in [0, 0.05) is 13.1 Å². The molecule has 0 bridgehead atoms. The van der Waals surface area contributed by atoms with Crippen molar-refractivity contribution in [2.45, 2.75) is 44.7 Å². The lowest BCUT2D eigenvalue weighted by Crippen LogP contribution is -2.45. The Morgan fingerprint density at radius 2 is 1.74 bits per heavy atom. The predicted molar refractivity (Wildman–Crippen MR) is 88.5 cm³/mol. The lowest BCUT2D eigenvalue weighted by molar-refractivity contribution is -0.122. The van der Waals surface area contributed by atoms with E-state index in [2.05, 4.69) is 5.32 Å². The lowest BCUT2D eigenvalue weighted by Gasteiger charge is -2.23. The van der Waals surface area contributed by atoms with Crippen LogP contribution in [-0.4, -0.2) is 21.1 Å². The van der Waals surface area contributed by atoms with E-state index in [9.17, 15) is 14.4 Å².